The van der Waals surface area contributed by atoms with Crippen molar-refractivity contribution >= 4 is 11.9 Å². The minimum Gasteiger partial charge on any atom is -0.351 e. The highest BCUT2D eigenvalue weighted by atomic mass is 16.2. The molecule has 0 aliphatic carbocycles. The van der Waals surface area contributed by atoms with Gasteiger partial charge in [-0.3, -0.25) is 4.79 Å². The Hall–Kier alpha value is -2.04. The molecule has 114 valence electrons. The number of hydrogen-bond donors (Lipinski definition) is 1. The number of nitrogens with zero attached hydrogens (tertiary/aromatic N) is 2. The van der Waals surface area contributed by atoms with Gasteiger partial charge in [0.2, 0.25) is 0 Å². The van der Waals surface area contributed by atoms with E-state index in [1.54, 1.807) is 9.80 Å². The normalized spacial score (nSPS) is 15.7. The zero-order chi connectivity index (χ0) is 15.2. The van der Waals surface area contributed by atoms with Crippen LogP contribution in [0.2, 0.25) is 0 Å². The average Bonchev–Trinajstić information content (AvgIpc) is 2.73. The number of aryl methyl sites for hydroxylation is 1. The molecule has 0 saturated carbocycles. The molecule has 2 N–H and O–H groups in total. The van der Waals surface area contributed by atoms with Gasteiger partial charge >= 0.3 is 6.03 Å². The molecule has 1 aliphatic heterocycles. The Morgan fingerprint density at radius 2 is 1.67 bits per heavy atom. The number of rotatable bonds is 3. The smallest absolute Gasteiger partial charge is 0.314 e. The van der Waals surface area contributed by atoms with Gasteiger partial charge in [-0.15, -0.1) is 0 Å². The summed E-state index contributed by atoms with van der Waals surface area (Å²) in [5.74, 6) is 0.0318. The molecule has 0 unspecified atom stereocenters. The molecule has 0 radical (unpaired) electrons. The quantitative estimate of drug-likeness (QED) is 0.923. The lowest BCUT2D eigenvalue weighted by Gasteiger charge is -2.21. The number of hydrogen-bond acceptors (Lipinski definition) is 2. The van der Waals surface area contributed by atoms with Crippen molar-refractivity contribution in [2.45, 2.75) is 26.2 Å². The van der Waals surface area contributed by atoms with Gasteiger partial charge in [-0.05, 0) is 30.5 Å². The largest absolute Gasteiger partial charge is 0.351 e. The predicted octanol–water partition coefficient (Wildman–Crippen LogP) is 1.87. The van der Waals surface area contributed by atoms with Crippen molar-refractivity contribution in [3.8, 4) is 0 Å². The van der Waals surface area contributed by atoms with Gasteiger partial charge < -0.3 is 15.5 Å². The van der Waals surface area contributed by atoms with E-state index in [2.05, 4.69) is 6.92 Å². The van der Waals surface area contributed by atoms with E-state index in [0.717, 1.165) is 19.3 Å². The lowest BCUT2D eigenvalue weighted by Crippen LogP contribution is -2.39. The molecule has 0 aromatic heterocycles. The second-order valence-electron chi connectivity index (χ2n) is 5.42. The molecule has 2 rings (SSSR count). The third-order valence-electron chi connectivity index (χ3n) is 3.83. The van der Waals surface area contributed by atoms with Crippen LogP contribution in [0.5, 0.6) is 0 Å². The van der Waals surface area contributed by atoms with Gasteiger partial charge in [0, 0.05) is 31.7 Å². The van der Waals surface area contributed by atoms with Gasteiger partial charge in [-0.25, -0.2) is 4.79 Å². The van der Waals surface area contributed by atoms with Gasteiger partial charge in [-0.1, -0.05) is 25.5 Å². The summed E-state index contributed by atoms with van der Waals surface area (Å²) in [4.78, 5) is 27.1. The molecule has 1 aliphatic rings. The van der Waals surface area contributed by atoms with Crippen molar-refractivity contribution in [2.24, 2.45) is 5.73 Å². The van der Waals surface area contributed by atoms with Gasteiger partial charge in [0.05, 0.1) is 0 Å². The van der Waals surface area contributed by atoms with Crippen molar-refractivity contribution in [2.75, 3.05) is 26.2 Å². The first-order chi connectivity index (χ1) is 10.1. The highest BCUT2D eigenvalue weighted by Gasteiger charge is 2.21. The van der Waals surface area contributed by atoms with Crippen LogP contribution in [0.15, 0.2) is 24.3 Å². The molecular formula is C16H23N3O2. The molecule has 0 atom stereocenters. The average molecular weight is 289 g/mol. The highest BCUT2D eigenvalue weighted by molar-refractivity contribution is 5.94. The number of carbonyl (C=O) groups excluding carboxylic acids is 2. The number of urea groups is 1. The fraction of sp³-hybridized carbons (Fsp3) is 0.500. The Bertz CT molecular complexity index is 499. The Balaban J connectivity index is 2.00. The van der Waals surface area contributed by atoms with E-state index >= 15 is 0 Å². The summed E-state index contributed by atoms with van der Waals surface area (Å²) in [6, 6.07) is 7.41. The minimum atomic E-state index is -0.409. The first-order valence-corrected chi connectivity index (χ1v) is 7.54. The van der Waals surface area contributed by atoms with Gasteiger partial charge in [0.15, 0.2) is 0 Å². The Kier molecular flexibility index (Phi) is 5.20. The maximum atomic E-state index is 12.5. The number of benzene rings is 1. The predicted molar refractivity (Wildman–Crippen MR) is 82.1 cm³/mol. The van der Waals surface area contributed by atoms with Crippen molar-refractivity contribution < 1.29 is 9.59 Å². The first-order valence-electron chi connectivity index (χ1n) is 7.54. The Morgan fingerprint density at radius 3 is 2.29 bits per heavy atom. The molecule has 0 bridgehead atoms. The summed E-state index contributed by atoms with van der Waals surface area (Å²) < 4.78 is 0. The summed E-state index contributed by atoms with van der Waals surface area (Å²) in [5, 5.41) is 0. The van der Waals surface area contributed by atoms with Gasteiger partial charge in [0.1, 0.15) is 0 Å². The summed E-state index contributed by atoms with van der Waals surface area (Å²) in [5.41, 5.74) is 7.26. The number of carbonyl (C=O) groups is 2. The van der Waals surface area contributed by atoms with E-state index < -0.39 is 6.03 Å². The molecule has 5 nitrogen and oxygen atoms in total. The monoisotopic (exact) mass is 289 g/mol. The van der Waals surface area contributed by atoms with Crippen molar-refractivity contribution in [1.82, 2.24) is 9.80 Å². The molecule has 0 spiro atoms. The molecular weight excluding hydrogens is 266 g/mol. The third kappa shape index (κ3) is 3.97. The fourth-order valence-corrected chi connectivity index (χ4v) is 2.63. The number of amides is 3. The van der Waals surface area contributed by atoms with E-state index in [4.69, 9.17) is 5.73 Å². The zero-order valence-electron chi connectivity index (χ0n) is 12.5. The van der Waals surface area contributed by atoms with E-state index in [0.29, 0.717) is 31.7 Å². The topological polar surface area (TPSA) is 66.6 Å². The van der Waals surface area contributed by atoms with Crippen LogP contribution in [0.1, 0.15) is 35.7 Å². The van der Waals surface area contributed by atoms with Gasteiger partial charge in [-0.2, -0.15) is 0 Å². The molecule has 1 aromatic carbocycles. The second kappa shape index (κ2) is 7.11. The van der Waals surface area contributed by atoms with Crippen LogP contribution in [0, 0.1) is 0 Å². The molecule has 3 amide bonds. The van der Waals surface area contributed by atoms with Gasteiger partial charge in [0.25, 0.3) is 5.91 Å². The maximum Gasteiger partial charge on any atom is 0.314 e. The van der Waals surface area contributed by atoms with Crippen LogP contribution >= 0.6 is 0 Å². The Labute approximate surface area is 125 Å². The maximum absolute atomic E-state index is 12.5. The molecule has 1 saturated heterocycles. The molecule has 21 heavy (non-hydrogen) atoms. The highest BCUT2D eigenvalue weighted by Crippen LogP contribution is 2.11. The molecule has 1 fully saturated rings. The standard InChI is InChI=1S/C16H23N3O2/c1-2-4-13-5-7-14(8-6-13)15(20)18-9-3-10-19(12-11-18)16(17)21/h5-8H,2-4,9-12H2,1H3,(H2,17,21). The van der Waals surface area contributed by atoms with E-state index in [1.165, 1.54) is 5.56 Å². The van der Waals surface area contributed by atoms with Crippen LogP contribution in [-0.4, -0.2) is 47.9 Å². The molecule has 1 aromatic rings. The molecule has 5 heteroatoms. The van der Waals surface area contributed by atoms with E-state index in [-0.39, 0.29) is 5.91 Å². The lowest BCUT2D eigenvalue weighted by atomic mass is 10.1. The van der Waals surface area contributed by atoms with Crippen LogP contribution in [0.25, 0.3) is 0 Å². The minimum absolute atomic E-state index is 0.0318. The lowest BCUT2D eigenvalue weighted by molar-refractivity contribution is 0.0762. The fourth-order valence-electron chi connectivity index (χ4n) is 2.63. The first kappa shape index (κ1) is 15.4. The third-order valence-corrected chi connectivity index (χ3v) is 3.83. The van der Waals surface area contributed by atoms with Crippen molar-refractivity contribution in [3.05, 3.63) is 35.4 Å². The number of primary amides is 1. The van der Waals surface area contributed by atoms with Crippen molar-refractivity contribution in [1.29, 1.82) is 0 Å². The van der Waals surface area contributed by atoms with Crippen LogP contribution < -0.4 is 5.73 Å². The SMILES string of the molecule is CCCc1ccc(C(=O)N2CCCN(C(N)=O)CC2)cc1. The zero-order valence-corrected chi connectivity index (χ0v) is 12.5. The van der Waals surface area contributed by atoms with E-state index in [9.17, 15) is 9.59 Å². The summed E-state index contributed by atoms with van der Waals surface area (Å²) in [6.07, 6.45) is 2.90. The van der Waals surface area contributed by atoms with E-state index in [1.807, 2.05) is 24.3 Å². The van der Waals surface area contributed by atoms with Crippen LogP contribution in [0.3, 0.4) is 0 Å². The van der Waals surface area contributed by atoms with Crippen LogP contribution in [-0.2, 0) is 6.42 Å². The van der Waals surface area contributed by atoms with Crippen molar-refractivity contribution in [3.63, 3.8) is 0 Å². The van der Waals surface area contributed by atoms with Crippen LogP contribution in [0.4, 0.5) is 4.79 Å². The second-order valence-corrected chi connectivity index (χ2v) is 5.42. The summed E-state index contributed by atoms with van der Waals surface area (Å²) >= 11 is 0. The summed E-state index contributed by atoms with van der Waals surface area (Å²) in [6.45, 7) is 4.47. The Morgan fingerprint density at radius 1 is 1.05 bits per heavy atom. The number of nitrogens with two attached hydrogens (primary N) is 1. The molecule has 1 heterocycles. The summed E-state index contributed by atoms with van der Waals surface area (Å²) in [7, 11) is 0.